The molecule has 0 aliphatic carbocycles. The number of carbonyl (C=O) groups excluding carboxylic acids is 1. The lowest BCUT2D eigenvalue weighted by Gasteiger charge is -2.10. The van der Waals surface area contributed by atoms with Gasteiger partial charge in [-0.15, -0.1) is 11.3 Å². The molecule has 6 nitrogen and oxygen atoms in total. The quantitative estimate of drug-likeness (QED) is 0.242. The first-order chi connectivity index (χ1) is 16.4. The highest BCUT2D eigenvalue weighted by atomic mass is 35.5. The summed E-state index contributed by atoms with van der Waals surface area (Å²) in [6, 6.07) is 16.4. The number of nitrogens with one attached hydrogen (secondary N) is 1. The second-order valence-corrected chi connectivity index (χ2v) is 9.37. The van der Waals surface area contributed by atoms with E-state index in [2.05, 4.69) is 9.97 Å². The summed E-state index contributed by atoms with van der Waals surface area (Å²) in [5, 5.41) is 22.8. The number of hydrogen-bond acceptors (Lipinski definition) is 6. The highest BCUT2D eigenvalue weighted by Crippen LogP contribution is 2.40. The average Bonchev–Trinajstić information content (AvgIpc) is 3.40. The minimum absolute atomic E-state index is 0.0708. The Morgan fingerprint density at radius 1 is 1.06 bits per heavy atom. The van der Waals surface area contributed by atoms with Gasteiger partial charge in [0, 0.05) is 22.7 Å². The molecule has 5 aromatic rings. The molecule has 8 heteroatoms. The van der Waals surface area contributed by atoms with Crippen molar-refractivity contribution < 1.29 is 19.7 Å². The number of ketones is 1. The summed E-state index contributed by atoms with van der Waals surface area (Å²) in [5.74, 6) is -0.0354. The van der Waals surface area contributed by atoms with Crippen LogP contribution < -0.4 is 4.74 Å². The third-order valence-corrected chi connectivity index (χ3v) is 6.89. The number of benzene rings is 3. The number of hydrogen-bond donors (Lipinski definition) is 3. The number of thiazole rings is 1. The first-order valence-corrected chi connectivity index (χ1v) is 11.5. The zero-order valence-electron chi connectivity index (χ0n) is 18.2. The van der Waals surface area contributed by atoms with Gasteiger partial charge in [0.25, 0.3) is 0 Å². The second kappa shape index (κ2) is 8.52. The zero-order chi connectivity index (χ0) is 24.0. The van der Waals surface area contributed by atoms with E-state index in [-0.39, 0.29) is 23.0 Å². The van der Waals surface area contributed by atoms with E-state index in [0.717, 1.165) is 16.1 Å². The number of rotatable bonds is 5. The number of carbonyl (C=O) groups is 1. The lowest BCUT2D eigenvalue weighted by molar-refractivity contribution is 0.104. The fraction of sp³-hybridized carbons (Fsp3) is 0.0769. The molecule has 3 aromatic carbocycles. The van der Waals surface area contributed by atoms with Gasteiger partial charge < -0.3 is 19.9 Å². The summed E-state index contributed by atoms with van der Waals surface area (Å²) in [5.41, 5.74) is 3.75. The largest absolute Gasteiger partial charge is 0.504 e. The summed E-state index contributed by atoms with van der Waals surface area (Å²) in [6.07, 6.45) is 1.52. The Bertz CT molecular complexity index is 1550. The van der Waals surface area contributed by atoms with Gasteiger partial charge in [0.1, 0.15) is 0 Å². The predicted octanol–water partition coefficient (Wildman–Crippen LogP) is 6.57. The van der Waals surface area contributed by atoms with Crippen LogP contribution in [-0.2, 0) is 0 Å². The molecule has 0 bridgehead atoms. The fourth-order valence-corrected chi connectivity index (χ4v) is 4.99. The molecule has 2 heterocycles. The highest BCUT2D eigenvalue weighted by Gasteiger charge is 2.23. The Morgan fingerprint density at radius 3 is 2.41 bits per heavy atom. The minimum Gasteiger partial charge on any atom is -0.504 e. The van der Waals surface area contributed by atoms with Gasteiger partial charge in [-0.05, 0) is 36.2 Å². The van der Waals surface area contributed by atoms with Gasteiger partial charge in [-0.25, -0.2) is 4.98 Å². The maximum absolute atomic E-state index is 13.1. The number of aromatic nitrogens is 2. The first-order valence-electron chi connectivity index (χ1n) is 10.4. The van der Waals surface area contributed by atoms with Gasteiger partial charge in [-0.3, -0.25) is 4.79 Å². The number of aromatic amines is 1. The van der Waals surface area contributed by atoms with E-state index in [0.29, 0.717) is 37.7 Å². The predicted molar refractivity (Wildman–Crippen MR) is 134 cm³/mol. The number of aryl methyl sites for hydroxylation is 1. The molecular formula is C26H19ClN2O4S. The number of nitrogens with zero attached hydrogens (tertiary/aromatic N) is 1. The van der Waals surface area contributed by atoms with Crippen LogP contribution in [0.1, 0.15) is 20.2 Å². The van der Waals surface area contributed by atoms with Crippen molar-refractivity contribution >= 4 is 39.6 Å². The van der Waals surface area contributed by atoms with Crippen LogP contribution in [0, 0.1) is 6.92 Å². The summed E-state index contributed by atoms with van der Waals surface area (Å²) < 4.78 is 5.20. The molecular weight excluding hydrogens is 472 g/mol. The molecule has 0 aliphatic rings. The van der Waals surface area contributed by atoms with E-state index >= 15 is 0 Å². The van der Waals surface area contributed by atoms with Gasteiger partial charge in [0.15, 0.2) is 11.5 Å². The third kappa shape index (κ3) is 3.69. The standard InChI is InChI=1S/C26H19ClN2O4S/c1-13-28-12-22(34-13)25(31)23-18-10-17(19(27)11-20(18)29-26(23)32)15-8-6-14(7-9-15)16-4-3-5-21(33-2)24(16)30/h3-12,29-30,32H,1-2H3. The number of phenols is 1. The van der Waals surface area contributed by atoms with Crippen molar-refractivity contribution in [1.82, 2.24) is 9.97 Å². The molecule has 0 saturated carbocycles. The summed E-state index contributed by atoms with van der Waals surface area (Å²) >= 11 is 7.85. The van der Waals surface area contributed by atoms with Crippen LogP contribution in [0.15, 0.2) is 60.8 Å². The number of H-pyrrole nitrogens is 1. The van der Waals surface area contributed by atoms with Crippen molar-refractivity contribution in [1.29, 1.82) is 0 Å². The smallest absolute Gasteiger partial charge is 0.210 e. The molecule has 34 heavy (non-hydrogen) atoms. The molecule has 0 unspecified atom stereocenters. The van der Waals surface area contributed by atoms with E-state index in [9.17, 15) is 15.0 Å². The third-order valence-electron chi connectivity index (χ3n) is 5.66. The van der Waals surface area contributed by atoms with E-state index in [4.69, 9.17) is 16.3 Å². The molecule has 170 valence electrons. The lowest BCUT2D eigenvalue weighted by atomic mass is 9.97. The van der Waals surface area contributed by atoms with Gasteiger partial charge >= 0.3 is 0 Å². The lowest BCUT2D eigenvalue weighted by Crippen LogP contribution is -1.98. The number of aromatic hydroxyl groups is 2. The molecule has 0 aliphatic heterocycles. The van der Waals surface area contributed by atoms with Crippen molar-refractivity contribution in [3.63, 3.8) is 0 Å². The van der Waals surface area contributed by atoms with Crippen LogP contribution >= 0.6 is 22.9 Å². The molecule has 2 aromatic heterocycles. The average molecular weight is 491 g/mol. The van der Waals surface area contributed by atoms with Gasteiger partial charge in [-0.2, -0.15) is 0 Å². The molecule has 0 amide bonds. The maximum Gasteiger partial charge on any atom is 0.210 e. The van der Waals surface area contributed by atoms with Crippen LogP contribution in [-0.4, -0.2) is 33.1 Å². The van der Waals surface area contributed by atoms with Crippen molar-refractivity contribution in [3.05, 3.63) is 81.3 Å². The summed E-state index contributed by atoms with van der Waals surface area (Å²) in [7, 11) is 1.51. The van der Waals surface area contributed by atoms with Crippen LogP contribution in [0.3, 0.4) is 0 Å². The maximum atomic E-state index is 13.1. The SMILES string of the molecule is COc1cccc(-c2ccc(-c3cc4c(C(=O)c5cnc(C)s5)c(O)[nH]c4cc3Cl)cc2)c1O. The topological polar surface area (TPSA) is 95.4 Å². The van der Waals surface area contributed by atoms with Crippen LogP contribution in [0.25, 0.3) is 33.2 Å². The van der Waals surface area contributed by atoms with Crippen LogP contribution in [0.4, 0.5) is 0 Å². The molecule has 0 spiro atoms. The van der Waals surface area contributed by atoms with E-state index in [1.54, 1.807) is 18.2 Å². The van der Waals surface area contributed by atoms with E-state index < -0.39 is 0 Å². The zero-order valence-corrected chi connectivity index (χ0v) is 19.8. The molecule has 5 rings (SSSR count). The number of halogens is 1. The summed E-state index contributed by atoms with van der Waals surface area (Å²) in [4.78, 5) is 20.5. The Morgan fingerprint density at radius 2 is 1.76 bits per heavy atom. The van der Waals surface area contributed by atoms with Crippen molar-refractivity contribution in [2.24, 2.45) is 0 Å². The highest BCUT2D eigenvalue weighted by molar-refractivity contribution is 7.13. The summed E-state index contributed by atoms with van der Waals surface area (Å²) in [6.45, 7) is 1.82. The van der Waals surface area contributed by atoms with Crippen molar-refractivity contribution in [2.75, 3.05) is 7.11 Å². The Balaban J connectivity index is 1.58. The van der Waals surface area contributed by atoms with E-state index in [1.165, 1.54) is 24.6 Å². The van der Waals surface area contributed by atoms with Crippen molar-refractivity contribution in [3.8, 4) is 39.6 Å². The molecule has 3 N–H and O–H groups in total. The van der Waals surface area contributed by atoms with E-state index in [1.807, 2.05) is 43.3 Å². The fourth-order valence-electron chi connectivity index (χ4n) is 3.99. The normalized spacial score (nSPS) is 11.1. The van der Waals surface area contributed by atoms with Gasteiger partial charge in [0.2, 0.25) is 11.7 Å². The minimum atomic E-state index is -0.300. The Hall–Kier alpha value is -3.81. The molecule has 0 radical (unpaired) electrons. The second-order valence-electron chi connectivity index (χ2n) is 7.73. The molecule has 0 atom stereocenters. The Labute approximate surface area is 204 Å². The van der Waals surface area contributed by atoms with Crippen LogP contribution in [0.2, 0.25) is 5.02 Å². The van der Waals surface area contributed by atoms with Crippen molar-refractivity contribution in [2.45, 2.75) is 6.92 Å². The first kappa shape index (κ1) is 22.0. The van der Waals surface area contributed by atoms with Crippen LogP contribution in [0.5, 0.6) is 17.4 Å². The number of para-hydroxylation sites is 1. The monoisotopic (exact) mass is 490 g/mol. The molecule has 0 fully saturated rings. The number of ether oxygens (including phenoxy) is 1. The Kier molecular flexibility index (Phi) is 5.51. The van der Waals surface area contributed by atoms with Gasteiger partial charge in [-0.1, -0.05) is 48.0 Å². The number of methoxy groups -OCH3 is 1. The molecule has 0 saturated heterocycles. The number of fused-ring (bicyclic) bond motifs is 1. The number of phenolic OH excluding ortho intramolecular Hbond substituents is 1. The van der Waals surface area contributed by atoms with Gasteiger partial charge in [0.05, 0.1) is 33.1 Å².